The minimum absolute atomic E-state index is 0.463. The predicted molar refractivity (Wildman–Crippen MR) is 77.9 cm³/mol. The Morgan fingerprint density at radius 2 is 2.00 bits per heavy atom. The summed E-state index contributed by atoms with van der Waals surface area (Å²) >= 11 is 3.74. The number of rotatable bonds is 6. The monoisotopic (exact) mass is 263 g/mol. The van der Waals surface area contributed by atoms with Gasteiger partial charge in [-0.1, -0.05) is 31.2 Å². The maximum absolute atomic E-state index is 3.54. The fourth-order valence-corrected chi connectivity index (χ4v) is 3.59. The topological polar surface area (TPSA) is 12.0 Å². The van der Waals surface area contributed by atoms with Gasteiger partial charge in [0.1, 0.15) is 0 Å². The molecule has 2 aromatic rings. The summed E-state index contributed by atoms with van der Waals surface area (Å²) in [4.78, 5) is 2.77. The van der Waals surface area contributed by atoms with E-state index in [-0.39, 0.29) is 0 Å². The Bertz CT molecular complexity index is 411. The van der Waals surface area contributed by atoms with Gasteiger partial charge in [-0.2, -0.15) is 0 Å². The Balaban J connectivity index is 1.95. The molecule has 1 aromatic heterocycles. The van der Waals surface area contributed by atoms with Gasteiger partial charge in [0.05, 0.1) is 6.04 Å². The number of nitrogens with one attached hydrogen (secondary N) is 1. The van der Waals surface area contributed by atoms with Gasteiger partial charge in [-0.3, -0.25) is 0 Å². The zero-order chi connectivity index (χ0) is 11.9. The van der Waals surface area contributed by atoms with Crippen LogP contribution in [0, 0.1) is 0 Å². The molecular weight excluding hydrogens is 246 g/mol. The van der Waals surface area contributed by atoms with E-state index in [2.05, 4.69) is 60.1 Å². The molecule has 0 saturated carbocycles. The molecule has 0 radical (unpaired) electrons. The van der Waals surface area contributed by atoms with Crippen molar-refractivity contribution in [1.29, 1.82) is 0 Å². The minimum atomic E-state index is 0.463. The van der Waals surface area contributed by atoms with Gasteiger partial charge in [0.25, 0.3) is 0 Å². The van der Waals surface area contributed by atoms with Crippen molar-refractivity contribution in [3.63, 3.8) is 0 Å². The zero-order valence-electron chi connectivity index (χ0n) is 9.93. The van der Waals surface area contributed by atoms with Crippen molar-refractivity contribution in [2.75, 3.05) is 12.3 Å². The fourth-order valence-electron chi connectivity index (χ4n) is 1.67. The van der Waals surface area contributed by atoms with Crippen molar-refractivity contribution in [3.8, 4) is 0 Å². The van der Waals surface area contributed by atoms with Crippen LogP contribution in [0.3, 0.4) is 0 Å². The van der Waals surface area contributed by atoms with E-state index < -0.39 is 0 Å². The zero-order valence-corrected chi connectivity index (χ0v) is 11.6. The van der Waals surface area contributed by atoms with E-state index in [0.717, 1.165) is 12.3 Å². The second kappa shape index (κ2) is 6.84. The summed E-state index contributed by atoms with van der Waals surface area (Å²) in [7, 11) is 0. The van der Waals surface area contributed by atoms with Crippen LogP contribution in [-0.4, -0.2) is 12.3 Å². The third kappa shape index (κ3) is 3.87. The van der Waals surface area contributed by atoms with Crippen LogP contribution in [0.4, 0.5) is 0 Å². The highest BCUT2D eigenvalue weighted by Crippen LogP contribution is 2.26. The molecule has 0 fully saturated rings. The highest BCUT2D eigenvalue weighted by molar-refractivity contribution is 7.99. The Labute approximate surface area is 111 Å². The van der Waals surface area contributed by atoms with Gasteiger partial charge in [0.15, 0.2) is 0 Å². The lowest BCUT2D eigenvalue weighted by Gasteiger charge is -2.15. The Kier molecular flexibility index (Phi) is 5.10. The van der Waals surface area contributed by atoms with Crippen LogP contribution in [-0.2, 0) is 0 Å². The molecule has 90 valence electrons. The third-order valence-electron chi connectivity index (χ3n) is 2.50. The van der Waals surface area contributed by atoms with E-state index in [1.165, 1.54) is 9.77 Å². The van der Waals surface area contributed by atoms with Crippen LogP contribution < -0.4 is 5.32 Å². The minimum Gasteiger partial charge on any atom is -0.309 e. The molecule has 0 saturated heterocycles. The van der Waals surface area contributed by atoms with Gasteiger partial charge < -0.3 is 5.32 Å². The average Bonchev–Trinajstić information content (AvgIpc) is 2.89. The maximum Gasteiger partial charge on any atom is 0.0510 e. The second-order valence-electron chi connectivity index (χ2n) is 3.75. The molecule has 1 unspecified atom stereocenters. The van der Waals surface area contributed by atoms with Crippen molar-refractivity contribution in [1.82, 2.24) is 5.32 Å². The van der Waals surface area contributed by atoms with Gasteiger partial charge >= 0.3 is 0 Å². The molecule has 1 aromatic carbocycles. The molecule has 0 aliphatic carbocycles. The van der Waals surface area contributed by atoms with Gasteiger partial charge in [-0.25, -0.2) is 0 Å². The molecule has 2 rings (SSSR count). The number of thioether (sulfide) groups is 1. The van der Waals surface area contributed by atoms with Gasteiger partial charge in [-0.15, -0.1) is 23.1 Å². The van der Waals surface area contributed by atoms with Crippen LogP contribution in [0.2, 0.25) is 0 Å². The largest absolute Gasteiger partial charge is 0.309 e. The fraction of sp³-hybridized carbons (Fsp3) is 0.286. The van der Waals surface area contributed by atoms with E-state index in [4.69, 9.17) is 0 Å². The van der Waals surface area contributed by atoms with Gasteiger partial charge in [0, 0.05) is 15.5 Å². The Morgan fingerprint density at radius 3 is 2.65 bits per heavy atom. The van der Waals surface area contributed by atoms with Gasteiger partial charge in [0.2, 0.25) is 0 Å². The molecule has 0 bridgehead atoms. The van der Waals surface area contributed by atoms with Crippen LogP contribution >= 0.6 is 23.1 Å². The first-order valence-corrected chi connectivity index (χ1v) is 7.71. The number of thiophene rings is 1. The number of benzene rings is 1. The van der Waals surface area contributed by atoms with Crippen LogP contribution in [0.1, 0.15) is 17.8 Å². The molecule has 1 nitrogen and oxygen atoms in total. The van der Waals surface area contributed by atoms with E-state index in [0.29, 0.717) is 6.04 Å². The molecule has 0 aliphatic rings. The molecular formula is C14H17NS2. The summed E-state index contributed by atoms with van der Waals surface area (Å²) in [6.45, 7) is 3.17. The third-order valence-corrected chi connectivity index (χ3v) is 4.59. The average molecular weight is 263 g/mol. The van der Waals surface area contributed by atoms with Crippen molar-refractivity contribution < 1.29 is 0 Å². The van der Waals surface area contributed by atoms with Crippen LogP contribution in [0.25, 0.3) is 0 Å². The molecule has 0 amide bonds. The number of hydrogen-bond acceptors (Lipinski definition) is 3. The van der Waals surface area contributed by atoms with E-state index in [1.54, 1.807) is 0 Å². The van der Waals surface area contributed by atoms with E-state index in [1.807, 2.05) is 23.1 Å². The molecule has 1 heterocycles. The second-order valence-corrected chi connectivity index (χ2v) is 5.82. The van der Waals surface area contributed by atoms with Crippen molar-refractivity contribution >= 4 is 23.1 Å². The lowest BCUT2D eigenvalue weighted by molar-refractivity contribution is 0.615. The normalized spacial score (nSPS) is 12.5. The highest BCUT2D eigenvalue weighted by Gasteiger charge is 2.11. The molecule has 17 heavy (non-hydrogen) atoms. The lowest BCUT2D eigenvalue weighted by Crippen LogP contribution is -2.21. The van der Waals surface area contributed by atoms with E-state index >= 15 is 0 Å². The molecule has 0 aliphatic heterocycles. The van der Waals surface area contributed by atoms with Crippen molar-refractivity contribution in [2.24, 2.45) is 0 Å². The number of hydrogen-bond donors (Lipinski definition) is 1. The Hall–Kier alpha value is -0.770. The smallest absolute Gasteiger partial charge is 0.0510 e. The van der Waals surface area contributed by atoms with Gasteiger partial charge in [-0.05, 0) is 30.1 Å². The predicted octanol–water partition coefficient (Wildman–Crippen LogP) is 4.19. The summed E-state index contributed by atoms with van der Waals surface area (Å²) in [6, 6.07) is 15.4. The van der Waals surface area contributed by atoms with Crippen molar-refractivity contribution in [3.05, 3.63) is 52.7 Å². The maximum atomic E-state index is 3.54. The summed E-state index contributed by atoms with van der Waals surface area (Å²) in [5.74, 6) is 1.08. The molecule has 1 N–H and O–H groups in total. The summed E-state index contributed by atoms with van der Waals surface area (Å²) in [5.41, 5.74) is 0. The van der Waals surface area contributed by atoms with Crippen molar-refractivity contribution in [2.45, 2.75) is 17.9 Å². The Morgan fingerprint density at radius 1 is 1.18 bits per heavy atom. The molecule has 1 atom stereocenters. The molecule has 3 heteroatoms. The standard InChI is InChI=1S/C14H17NS2/c1-2-15-13(14-9-6-10-16-14)11-17-12-7-4-3-5-8-12/h3-10,13,15H,2,11H2,1H3. The highest BCUT2D eigenvalue weighted by atomic mass is 32.2. The first-order valence-electron chi connectivity index (χ1n) is 5.84. The summed E-state index contributed by atoms with van der Waals surface area (Å²) in [6.07, 6.45) is 0. The van der Waals surface area contributed by atoms with Crippen LogP contribution in [0.15, 0.2) is 52.7 Å². The summed E-state index contributed by atoms with van der Waals surface area (Å²) < 4.78 is 0. The summed E-state index contributed by atoms with van der Waals surface area (Å²) in [5, 5.41) is 5.69. The molecule has 0 spiro atoms. The first kappa shape index (κ1) is 12.7. The quantitative estimate of drug-likeness (QED) is 0.784. The van der Waals surface area contributed by atoms with E-state index in [9.17, 15) is 0 Å². The van der Waals surface area contributed by atoms with Crippen LogP contribution in [0.5, 0.6) is 0 Å². The SMILES string of the molecule is CCNC(CSc1ccccc1)c1cccs1. The first-order chi connectivity index (χ1) is 8.40. The lowest BCUT2D eigenvalue weighted by atomic mass is 10.3.